The first-order valence-corrected chi connectivity index (χ1v) is 6.78. The molecule has 1 unspecified atom stereocenters. The van der Waals surface area contributed by atoms with Crippen molar-refractivity contribution < 1.29 is 8.78 Å². The number of hydrogen-bond donors (Lipinski definition) is 1. The van der Waals surface area contributed by atoms with Crippen molar-refractivity contribution in [1.82, 2.24) is 10.2 Å². The first kappa shape index (κ1) is 15.5. The lowest BCUT2D eigenvalue weighted by Crippen LogP contribution is -2.27. The third-order valence-corrected chi connectivity index (χ3v) is 3.36. The molecule has 0 saturated carbocycles. The van der Waals surface area contributed by atoms with Gasteiger partial charge in [0.25, 0.3) is 0 Å². The fourth-order valence-corrected chi connectivity index (χ4v) is 2.19. The van der Waals surface area contributed by atoms with Crippen LogP contribution in [0.25, 0.3) is 0 Å². The van der Waals surface area contributed by atoms with Gasteiger partial charge in [-0.05, 0) is 61.7 Å². The Hall–Kier alpha value is -0.520. The summed E-state index contributed by atoms with van der Waals surface area (Å²) in [6, 6.07) is 2.38. The molecule has 1 aromatic carbocycles. The molecule has 0 aliphatic rings. The van der Waals surface area contributed by atoms with Crippen molar-refractivity contribution in [3.05, 3.63) is 33.8 Å². The predicted molar refractivity (Wildman–Crippen MR) is 73.6 cm³/mol. The van der Waals surface area contributed by atoms with Gasteiger partial charge in [0.1, 0.15) is 11.6 Å². The van der Waals surface area contributed by atoms with Gasteiger partial charge in [-0.15, -0.1) is 0 Å². The summed E-state index contributed by atoms with van der Waals surface area (Å²) in [5, 5.41) is 3.14. The van der Waals surface area contributed by atoms with E-state index < -0.39 is 11.6 Å². The molecule has 0 heterocycles. The molecular weight excluding hydrogens is 302 g/mol. The molecule has 102 valence electrons. The first-order valence-electron chi connectivity index (χ1n) is 5.98. The van der Waals surface area contributed by atoms with Crippen LogP contribution in [0.15, 0.2) is 16.6 Å². The molecule has 0 radical (unpaired) electrons. The number of nitrogens with one attached hydrogen (secondary N) is 1. The zero-order valence-electron chi connectivity index (χ0n) is 10.9. The molecule has 18 heavy (non-hydrogen) atoms. The third-order valence-electron chi connectivity index (χ3n) is 2.74. The highest BCUT2D eigenvalue weighted by atomic mass is 79.9. The van der Waals surface area contributed by atoms with Gasteiger partial charge < -0.3 is 10.2 Å². The third kappa shape index (κ3) is 4.00. The highest BCUT2D eigenvalue weighted by Gasteiger charge is 2.21. The molecule has 0 aromatic heterocycles. The summed E-state index contributed by atoms with van der Waals surface area (Å²) >= 11 is 3.10. The van der Waals surface area contributed by atoms with Crippen LogP contribution >= 0.6 is 15.9 Å². The monoisotopic (exact) mass is 320 g/mol. The minimum Gasteiger partial charge on any atom is -0.310 e. The van der Waals surface area contributed by atoms with Crippen LogP contribution in [0.3, 0.4) is 0 Å². The summed E-state index contributed by atoms with van der Waals surface area (Å²) in [6.07, 6.45) is 0.658. The summed E-state index contributed by atoms with van der Waals surface area (Å²) in [7, 11) is 3.88. The van der Waals surface area contributed by atoms with Crippen molar-refractivity contribution in [2.75, 3.05) is 27.2 Å². The molecule has 5 heteroatoms. The van der Waals surface area contributed by atoms with Gasteiger partial charge in [0.2, 0.25) is 0 Å². The predicted octanol–water partition coefficient (Wildman–Crippen LogP) is 3.33. The zero-order chi connectivity index (χ0) is 13.7. The molecule has 0 aliphatic carbocycles. The second-order valence-electron chi connectivity index (χ2n) is 4.46. The molecule has 0 aliphatic heterocycles. The summed E-state index contributed by atoms with van der Waals surface area (Å²) < 4.78 is 28.1. The SMILES string of the molecule is CCNC(CCN(C)C)c1c(F)ccc(Br)c1F. The normalized spacial score (nSPS) is 13.1. The van der Waals surface area contributed by atoms with Crippen LogP contribution in [0, 0.1) is 11.6 Å². The Kier molecular flexibility index (Phi) is 6.18. The number of nitrogens with zero attached hydrogens (tertiary/aromatic N) is 1. The second-order valence-corrected chi connectivity index (χ2v) is 5.31. The molecule has 2 nitrogen and oxygen atoms in total. The van der Waals surface area contributed by atoms with Crippen LogP contribution in [0.1, 0.15) is 24.9 Å². The van der Waals surface area contributed by atoms with E-state index in [4.69, 9.17) is 0 Å². The summed E-state index contributed by atoms with van der Waals surface area (Å²) in [5.41, 5.74) is 0.119. The quantitative estimate of drug-likeness (QED) is 0.809. The minimum absolute atomic E-state index is 0.119. The molecule has 0 spiro atoms. The van der Waals surface area contributed by atoms with E-state index >= 15 is 0 Å². The average Bonchev–Trinajstić information content (AvgIpc) is 2.31. The number of halogens is 3. The van der Waals surface area contributed by atoms with E-state index in [0.717, 1.165) is 6.54 Å². The molecule has 0 bridgehead atoms. The van der Waals surface area contributed by atoms with E-state index in [1.807, 2.05) is 25.9 Å². The lowest BCUT2D eigenvalue weighted by molar-refractivity contribution is 0.353. The maximum absolute atomic E-state index is 14.0. The Morgan fingerprint density at radius 3 is 2.56 bits per heavy atom. The Morgan fingerprint density at radius 1 is 1.33 bits per heavy atom. The molecule has 1 aromatic rings. The van der Waals surface area contributed by atoms with E-state index in [9.17, 15) is 8.78 Å². The highest BCUT2D eigenvalue weighted by molar-refractivity contribution is 9.10. The van der Waals surface area contributed by atoms with Crippen LogP contribution < -0.4 is 5.32 Å². The lowest BCUT2D eigenvalue weighted by Gasteiger charge is -2.22. The van der Waals surface area contributed by atoms with Crippen LogP contribution in [-0.2, 0) is 0 Å². The van der Waals surface area contributed by atoms with Crippen molar-refractivity contribution in [1.29, 1.82) is 0 Å². The molecule has 1 atom stereocenters. The second kappa shape index (κ2) is 7.16. The van der Waals surface area contributed by atoms with Gasteiger partial charge >= 0.3 is 0 Å². The van der Waals surface area contributed by atoms with Gasteiger partial charge in [-0.3, -0.25) is 0 Å². The van der Waals surface area contributed by atoms with E-state index in [0.29, 0.717) is 17.4 Å². The maximum Gasteiger partial charge on any atom is 0.145 e. The van der Waals surface area contributed by atoms with E-state index in [1.54, 1.807) is 0 Å². The van der Waals surface area contributed by atoms with Gasteiger partial charge in [-0.1, -0.05) is 6.92 Å². The number of benzene rings is 1. The maximum atomic E-state index is 14.0. The van der Waals surface area contributed by atoms with Crippen molar-refractivity contribution in [2.24, 2.45) is 0 Å². The number of hydrogen-bond acceptors (Lipinski definition) is 2. The van der Waals surface area contributed by atoms with Crippen molar-refractivity contribution in [3.63, 3.8) is 0 Å². The van der Waals surface area contributed by atoms with Crippen LogP contribution in [-0.4, -0.2) is 32.1 Å². The van der Waals surface area contributed by atoms with E-state index in [-0.39, 0.29) is 11.6 Å². The van der Waals surface area contributed by atoms with Gasteiger partial charge in [0, 0.05) is 11.6 Å². The Morgan fingerprint density at radius 2 is 2.00 bits per heavy atom. The Labute approximate surface area is 115 Å². The van der Waals surface area contributed by atoms with Crippen molar-refractivity contribution in [2.45, 2.75) is 19.4 Å². The molecule has 1 rings (SSSR count). The minimum atomic E-state index is -0.514. The van der Waals surface area contributed by atoms with Crippen LogP contribution in [0.4, 0.5) is 8.78 Å². The zero-order valence-corrected chi connectivity index (χ0v) is 12.5. The highest BCUT2D eigenvalue weighted by Crippen LogP contribution is 2.28. The number of rotatable bonds is 6. The average molecular weight is 321 g/mol. The lowest BCUT2D eigenvalue weighted by atomic mass is 10.0. The largest absolute Gasteiger partial charge is 0.310 e. The first-order chi connectivity index (χ1) is 8.47. The molecule has 0 saturated heterocycles. The standard InChI is InChI=1S/C13H19BrF2N2/c1-4-17-11(7-8-18(2)3)12-10(15)6-5-9(14)13(12)16/h5-6,11,17H,4,7-8H2,1-3H3. The molecule has 0 amide bonds. The van der Waals surface area contributed by atoms with Gasteiger partial charge in [0.15, 0.2) is 0 Å². The van der Waals surface area contributed by atoms with E-state index in [2.05, 4.69) is 21.2 Å². The fraction of sp³-hybridized carbons (Fsp3) is 0.538. The Balaban J connectivity index is 3.01. The van der Waals surface area contributed by atoms with Crippen LogP contribution in [0.2, 0.25) is 0 Å². The fourth-order valence-electron chi connectivity index (χ4n) is 1.84. The van der Waals surface area contributed by atoms with Crippen molar-refractivity contribution >= 4 is 15.9 Å². The summed E-state index contributed by atoms with van der Waals surface area (Å²) in [4.78, 5) is 2.00. The molecule has 1 N–H and O–H groups in total. The van der Waals surface area contributed by atoms with Gasteiger partial charge in [0.05, 0.1) is 4.47 Å². The smallest absolute Gasteiger partial charge is 0.145 e. The van der Waals surface area contributed by atoms with Gasteiger partial charge in [-0.2, -0.15) is 0 Å². The summed E-state index contributed by atoms with van der Waals surface area (Å²) in [5.74, 6) is -1.01. The van der Waals surface area contributed by atoms with Gasteiger partial charge in [-0.25, -0.2) is 8.78 Å². The molecular formula is C13H19BrF2N2. The summed E-state index contributed by atoms with van der Waals surface area (Å²) in [6.45, 7) is 3.36. The van der Waals surface area contributed by atoms with E-state index in [1.165, 1.54) is 12.1 Å². The Bertz CT molecular complexity index is 397. The molecule has 0 fully saturated rings. The van der Waals surface area contributed by atoms with Crippen LogP contribution in [0.5, 0.6) is 0 Å². The topological polar surface area (TPSA) is 15.3 Å². The van der Waals surface area contributed by atoms with Crippen molar-refractivity contribution in [3.8, 4) is 0 Å².